The van der Waals surface area contributed by atoms with Crippen molar-refractivity contribution in [2.24, 2.45) is 0 Å². The second-order valence-electron chi connectivity index (χ2n) is 5.25. The number of aryl methyl sites for hydroxylation is 1. The number of rotatable bonds is 1. The molecule has 1 aliphatic heterocycles. The Hall–Kier alpha value is -1.75. The number of hydrogen-bond acceptors (Lipinski definition) is 4. The lowest BCUT2D eigenvalue weighted by Gasteiger charge is -2.22. The lowest BCUT2D eigenvalue weighted by atomic mass is 9.95. The van der Waals surface area contributed by atoms with Gasteiger partial charge < -0.3 is 14.6 Å². The van der Waals surface area contributed by atoms with E-state index in [1.54, 1.807) is 6.26 Å². The van der Waals surface area contributed by atoms with Gasteiger partial charge in [-0.2, -0.15) is 5.10 Å². The number of aromatic amines is 1. The third-order valence-electron chi connectivity index (χ3n) is 4.10. The SMILES string of the molecule is c1cc2c(o1)CCc1c(N3CCCNCC3)n[nH]c1-2. The molecule has 2 aromatic heterocycles. The minimum atomic E-state index is 0.980. The van der Waals surface area contributed by atoms with Gasteiger partial charge >= 0.3 is 0 Å². The van der Waals surface area contributed by atoms with Crippen molar-refractivity contribution in [2.45, 2.75) is 19.3 Å². The largest absolute Gasteiger partial charge is 0.469 e. The lowest BCUT2D eigenvalue weighted by molar-refractivity contribution is 0.507. The van der Waals surface area contributed by atoms with Gasteiger partial charge in [0.1, 0.15) is 5.76 Å². The number of nitrogens with zero attached hydrogens (tertiary/aromatic N) is 2. The molecule has 5 heteroatoms. The van der Waals surface area contributed by atoms with Crippen LogP contribution in [0.1, 0.15) is 17.7 Å². The first-order chi connectivity index (χ1) is 9.43. The van der Waals surface area contributed by atoms with Crippen LogP contribution in [0.25, 0.3) is 11.3 Å². The summed E-state index contributed by atoms with van der Waals surface area (Å²) in [6.07, 6.45) is 4.95. The maximum absolute atomic E-state index is 5.52. The van der Waals surface area contributed by atoms with E-state index in [4.69, 9.17) is 4.42 Å². The Kier molecular flexibility index (Phi) is 2.58. The van der Waals surface area contributed by atoms with Crippen molar-refractivity contribution in [3.05, 3.63) is 23.7 Å². The van der Waals surface area contributed by atoms with Gasteiger partial charge in [0.15, 0.2) is 5.82 Å². The first-order valence-electron chi connectivity index (χ1n) is 7.03. The molecule has 0 aromatic carbocycles. The van der Waals surface area contributed by atoms with Crippen molar-refractivity contribution in [3.63, 3.8) is 0 Å². The molecule has 0 bridgehead atoms. The summed E-state index contributed by atoms with van der Waals surface area (Å²) in [5.41, 5.74) is 3.70. The van der Waals surface area contributed by atoms with Crippen LogP contribution in [0.4, 0.5) is 5.82 Å². The molecule has 4 rings (SSSR count). The number of anilines is 1. The zero-order chi connectivity index (χ0) is 12.7. The van der Waals surface area contributed by atoms with Gasteiger partial charge in [-0.1, -0.05) is 0 Å². The minimum absolute atomic E-state index is 0.980. The Bertz CT molecular complexity index is 578. The minimum Gasteiger partial charge on any atom is -0.469 e. The molecule has 3 heterocycles. The summed E-state index contributed by atoms with van der Waals surface area (Å²) in [4.78, 5) is 2.40. The summed E-state index contributed by atoms with van der Waals surface area (Å²) >= 11 is 0. The fourth-order valence-electron chi connectivity index (χ4n) is 3.13. The first-order valence-corrected chi connectivity index (χ1v) is 7.03. The molecule has 0 saturated carbocycles. The van der Waals surface area contributed by atoms with E-state index in [9.17, 15) is 0 Å². The van der Waals surface area contributed by atoms with E-state index in [1.807, 2.05) is 6.07 Å². The summed E-state index contributed by atoms with van der Waals surface area (Å²) in [7, 11) is 0. The van der Waals surface area contributed by atoms with Crippen LogP contribution in [-0.4, -0.2) is 36.4 Å². The molecule has 1 fully saturated rings. The molecular formula is C14H18N4O. The molecule has 5 nitrogen and oxygen atoms in total. The van der Waals surface area contributed by atoms with E-state index < -0.39 is 0 Å². The molecule has 19 heavy (non-hydrogen) atoms. The fraction of sp³-hybridized carbons (Fsp3) is 0.500. The van der Waals surface area contributed by atoms with Gasteiger partial charge in [0.25, 0.3) is 0 Å². The fourth-order valence-corrected chi connectivity index (χ4v) is 3.13. The average molecular weight is 258 g/mol. The molecule has 0 atom stereocenters. The Morgan fingerprint density at radius 3 is 3.21 bits per heavy atom. The summed E-state index contributed by atoms with van der Waals surface area (Å²) < 4.78 is 5.52. The molecule has 2 aromatic rings. The zero-order valence-electron chi connectivity index (χ0n) is 10.9. The summed E-state index contributed by atoms with van der Waals surface area (Å²) in [6.45, 7) is 4.27. The lowest BCUT2D eigenvalue weighted by Crippen LogP contribution is -2.29. The van der Waals surface area contributed by atoms with Crippen LogP contribution in [-0.2, 0) is 12.8 Å². The molecule has 0 amide bonds. The number of H-pyrrole nitrogens is 1. The van der Waals surface area contributed by atoms with Crippen LogP contribution in [0.2, 0.25) is 0 Å². The zero-order valence-corrected chi connectivity index (χ0v) is 10.9. The van der Waals surface area contributed by atoms with Crippen LogP contribution >= 0.6 is 0 Å². The number of hydrogen-bond donors (Lipinski definition) is 2. The highest BCUT2D eigenvalue weighted by atomic mass is 16.3. The van der Waals surface area contributed by atoms with Crippen molar-refractivity contribution in [2.75, 3.05) is 31.1 Å². The standard InChI is InChI=1S/C14H18N4O/c1-5-15-6-8-18(7-1)14-11-2-3-12-10(4-9-19-12)13(11)16-17-14/h4,9,15H,1-3,5-8H2,(H,16,17). The molecule has 0 radical (unpaired) electrons. The van der Waals surface area contributed by atoms with E-state index in [0.717, 1.165) is 56.3 Å². The Morgan fingerprint density at radius 2 is 2.21 bits per heavy atom. The molecule has 2 N–H and O–H groups in total. The van der Waals surface area contributed by atoms with Gasteiger partial charge in [0.2, 0.25) is 0 Å². The van der Waals surface area contributed by atoms with Gasteiger partial charge in [-0.3, -0.25) is 5.10 Å². The Labute approximate surface area is 112 Å². The van der Waals surface area contributed by atoms with Crippen LogP contribution < -0.4 is 10.2 Å². The van der Waals surface area contributed by atoms with Gasteiger partial charge in [-0.25, -0.2) is 0 Å². The maximum Gasteiger partial charge on any atom is 0.154 e. The first kappa shape index (κ1) is 11.1. The van der Waals surface area contributed by atoms with Crippen LogP contribution in [0.5, 0.6) is 0 Å². The van der Waals surface area contributed by atoms with E-state index in [2.05, 4.69) is 20.4 Å². The van der Waals surface area contributed by atoms with Crippen molar-refractivity contribution in [3.8, 4) is 11.3 Å². The highest BCUT2D eigenvalue weighted by molar-refractivity contribution is 5.73. The van der Waals surface area contributed by atoms with Gasteiger partial charge in [-0.15, -0.1) is 0 Å². The monoisotopic (exact) mass is 258 g/mol. The predicted molar refractivity (Wildman–Crippen MR) is 73.4 cm³/mol. The average Bonchev–Trinajstić information content (AvgIpc) is 2.98. The second-order valence-corrected chi connectivity index (χ2v) is 5.25. The number of aromatic nitrogens is 2. The van der Waals surface area contributed by atoms with Crippen molar-refractivity contribution in [1.82, 2.24) is 15.5 Å². The van der Waals surface area contributed by atoms with E-state index in [0.29, 0.717) is 0 Å². The predicted octanol–water partition coefficient (Wildman–Crippen LogP) is 1.57. The maximum atomic E-state index is 5.52. The molecule has 0 unspecified atom stereocenters. The Morgan fingerprint density at radius 1 is 1.21 bits per heavy atom. The molecule has 100 valence electrons. The van der Waals surface area contributed by atoms with Gasteiger partial charge in [-0.05, 0) is 25.5 Å². The normalized spacial score (nSPS) is 18.8. The molecular weight excluding hydrogens is 240 g/mol. The second kappa shape index (κ2) is 4.42. The molecule has 2 aliphatic rings. The van der Waals surface area contributed by atoms with E-state index >= 15 is 0 Å². The third kappa shape index (κ3) is 1.76. The van der Waals surface area contributed by atoms with Gasteiger partial charge in [0, 0.05) is 37.2 Å². The molecule has 0 spiro atoms. The van der Waals surface area contributed by atoms with E-state index in [1.165, 1.54) is 17.5 Å². The number of nitrogens with one attached hydrogen (secondary N) is 2. The highest BCUT2D eigenvalue weighted by Crippen LogP contribution is 2.37. The van der Waals surface area contributed by atoms with Crippen LogP contribution in [0.15, 0.2) is 16.7 Å². The van der Waals surface area contributed by atoms with Crippen LogP contribution in [0.3, 0.4) is 0 Å². The van der Waals surface area contributed by atoms with Crippen molar-refractivity contribution >= 4 is 5.82 Å². The van der Waals surface area contributed by atoms with Crippen molar-refractivity contribution in [1.29, 1.82) is 0 Å². The molecule has 1 saturated heterocycles. The van der Waals surface area contributed by atoms with Gasteiger partial charge in [0.05, 0.1) is 12.0 Å². The highest BCUT2D eigenvalue weighted by Gasteiger charge is 2.26. The number of fused-ring (bicyclic) bond motifs is 3. The smallest absolute Gasteiger partial charge is 0.154 e. The van der Waals surface area contributed by atoms with E-state index in [-0.39, 0.29) is 0 Å². The Balaban J connectivity index is 1.72. The summed E-state index contributed by atoms with van der Waals surface area (Å²) in [6, 6.07) is 2.04. The van der Waals surface area contributed by atoms with Crippen molar-refractivity contribution < 1.29 is 4.42 Å². The molecule has 1 aliphatic carbocycles. The summed E-state index contributed by atoms with van der Waals surface area (Å²) in [5.74, 6) is 2.23. The number of furan rings is 1. The quantitative estimate of drug-likeness (QED) is 0.815. The summed E-state index contributed by atoms with van der Waals surface area (Å²) in [5, 5.41) is 11.2. The van der Waals surface area contributed by atoms with Crippen LogP contribution in [0, 0.1) is 0 Å². The third-order valence-corrected chi connectivity index (χ3v) is 4.10. The topological polar surface area (TPSA) is 57.1 Å².